The van der Waals surface area contributed by atoms with Crippen LogP contribution in [0, 0.1) is 0 Å². The summed E-state index contributed by atoms with van der Waals surface area (Å²) in [5, 5.41) is 0. The summed E-state index contributed by atoms with van der Waals surface area (Å²) in [6, 6.07) is 13.7. The van der Waals surface area contributed by atoms with Crippen molar-refractivity contribution in [3.8, 4) is 11.5 Å². The Labute approximate surface area is 203 Å². The summed E-state index contributed by atoms with van der Waals surface area (Å²) >= 11 is 0. The Morgan fingerprint density at radius 2 is 0.971 bits per heavy atom. The molecule has 0 saturated carbocycles. The molecule has 6 nitrogen and oxygen atoms in total. The molecule has 34 heavy (non-hydrogen) atoms. The van der Waals surface area contributed by atoms with E-state index in [0.29, 0.717) is 24.3 Å². The van der Waals surface area contributed by atoms with Crippen LogP contribution in [0.3, 0.4) is 0 Å². The second-order valence-electron chi connectivity index (χ2n) is 8.38. The maximum absolute atomic E-state index is 12.5. The predicted molar refractivity (Wildman–Crippen MR) is 133 cm³/mol. The van der Waals surface area contributed by atoms with E-state index in [0.717, 1.165) is 50.0 Å². The van der Waals surface area contributed by atoms with E-state index in [1.54, 1.807) is 62.4 Å². The molecule has 0 heterocycles. The molecule has 2 rings (SSSR count). The Bertz CT molecular complexity index is 786. The van der Waals surface area contributed by atoms with Crippen molar-refractivity contribution in [3.05, 3.63) is 59.7 Å². The van der Waals surface area contributed by atoms with Crippen LogP contribution < -0.4 is 9.47 Å². The van der Waals surface area contributed by atoms with Crippen molar-refractivity contribution >= 4 is 11.9 Å². The van der Waals surface area contributed by atoms with Crippen LogP contribution in [-0.4, -0.2) is 37.4 Å². The van der Waals surface area contributed by atoms with E-state index in [4.69, 9.17) is 18.9 Å². The van der Waals surface area contributed by atoms with Crippen LogP contribution >= 0.6 is 0 Å². The molecule has 2 atom stereocenters. The lowest BCUT2D eigenvalue weighted by Gasteiger charge is -2.21. The van der Waals surface area contributed by atoms with Crippen LogP contribution in [-0.2, 0) is 9.47 Å². The molecule has 0 amide bonds. The van der Waals surface area contributed by atoms with E-state index >= 15 is 0 Å². The van der Waals surface area contributed by atoms with Gasteiger partial charge in [-0.1, -0.05) is 39.5 Å². The number of rotatable bonds is 15. The van der Waals surface area contributed by atoms with E-state index in [1.165, 1.54) is 0 Å². The first-order valence-electron chi connectivity index (χ1n) is 12.3. The molecule has 0 N–H and O–H groups in total. The molecule has 186 valence electrons. The zero-order valence-electron chi connectivity index (χ0n) is 20.9. The highest BCUT2D eigenvalue weighted by molar-refractivity contribution is 5.90. The quantitative estimate of drug-likeness (QED) is 0.215. The number of esters is 2. The van der Waals surface area contributed by atoms with Gasteiger partial charge in [-0.3, -0.25) is 0 Å². The summed E-state index contributed by atoms with van der Waals surface area (Å²) in [4.78, 5) is 24.9. The van der Waals surface area contributed by atoms with Gasteiger partial charge in [-0.15, -0.1) is 0 Å². The van der Waals surface area contributed by atoms with Crippen molar-refractivity contribution in [2.75, 3.05) is 13.2 Å². The average Bonchev–Trinajstić information content (AvgIpc) is 2.85. The normalized spacial score (nSPS) is 12.5. The minimum atomic E-state index is -0.609. The minimum absolute atomic E-state index is 0.417. The van der Waals surface area contributed by atoms with Crippen molar-refractivity contribution < 1.29 is 28.5 Å². The zero-order valence-corrected chi connectivity index (χ0v) is 20.9. The highest BCUT2D eigenvalue weighted by atomic mass is 16.6. The molecular formula is C28H38O6. The number of ether oxygens (including phenoxy) is 4. The van der Waals surface area contributed by atoms with Gasteiger partial charge in [0.2, 0.25) is 0 Å². The zero-order chi connectivity index (χ0) is 24.8. The molecule has 2 unspecified atom stereocenters. The van der Waals surface area contributed by atoms with Crippen LogP contribution in [0.1, 0.15) is 86.9 Å². The fourth-order valence-electron chi connectivity index (χ4n) is 3.12. The number of carbonyl (C=O) groups is 2. The lowest BCUT2D eigenvalue weighted by Crippen LogP contribution is -2.30. The van der Waals surface area contributed by atoms with Crippen LogP contribution in [0.2, 0.25) is 0 Å². The second-order valence-corrected chi connectivity index (χ2v) is 8.38. The Balaban J connectivity index is 1.79. The molecule has 2 aromatic rings. The van der Waals surface area contributed by atoms with Gasteiger partial charge in [0.25, 0.3) is 0 Å². The van der Waals surface area contributed by atoms with E-state index in [-0.39, 0.29) is 0 Å². The van der Waals surface area contributed by atoms with Crippen molar-refractivity contribution in [2.45, 2.75) is 78.4 Å². The SMILES string of the molecule is CCCCCOc1ccc(C(=O)OC(C)C(C)OC(=O)c2ccc(OCCCCC)cc2)cc1. The summed E-state index contributed by atoms with van der Waals surface area (Å²) in [6.07, 6.45) is 5.33. The van der Waals surface area contributed by atoms with Gasteiger partial charge in [0, 0.05) is 0 Å². The van der Waals surface area contributed by atoms with E-state index < -0.39 is 24.1 Å². The van der Waals surface area contributed by atoms with Crippen molar-refractivity contribution in [3.63, 3.8) is 0 Å². The summed E-state index contributed by atoms with van der Waals surface area (Å²) in [5.74, 6) is 0.496. The lowest BCUT2D eigenvalue weighted by atomic mass is 10.2. The van der Waals surface area contributed by atoms with Gasteiger partial charge in [0.15, 0.2) is 0 Å². The number of carbonyl (C=O) groups excluding carboxylic acids is 2. The maximum Gasteiger partial charge on any atom is 0.338 e. The van der Waals surface area contributed by atoms with Crippen molar-refractivity contribution in [2.24, 2.45) is 0 Å². The highest BCUT2D eigenvalue weighted by Gasteiger charge is 2.22. The summed E-state index contributed by atoms with van der Waals surface area (Å²) < 4.78 is 22.3. The van der Waals surface area contributed by atoms with Crippen molar-refractivity contribution in [1.29, 1.82) is 0 Å². The van der Waals surface area contributed by atoms with Gasteiger partial charge in [-0.05, 0) is 75.2 Å². The van der Waals surface area contributed by atoms with E-state index in [1.807, 2.05) is 0 Å². The molecule has 2 aromatic carbocycles. The monoisotopic (exact) mass is 470 g/mol. The number of benzene rings is 2. The standard InChI is InChI=1S/C28H38O6/c1-5-7-9-19-31-25-15-11-23(12-16-25)27(29)33-21(3)22(4)34-28(30)24-13-17-26(18-14-24)32-20-10-8-6-2/h11-18,21-22H,5-10,19-20H2,1-4H3. The predicted octanol–water partition coefficient (Wildman–Crippen LogP) is 6.62. The molecule has 0 aromatic heterocycles. The van der Waals surface area contributed by atoms with Gasteiger partial charge < -0.3 is 18.9 Å². The smallest absolute Gasteiger partial charge is 0.338 e. The summed E-state index contributed by atoms with van der Waals surface area (Å²) in [6.45, 7) is 9.01. The molecule has 0 spiro atoms. The number of hydrogen-bond acceptors (Lipinski definition) is 6. The molecule has 0 aliphatic carbocycles. The first-order chi connectivity index (χ1) is 16.4. The van der Waals surface area contributed by atoms with Crippen LogP contribution in [0.25, 0.3) is 0 Å². The molecule has 6 heteroatoms. The third-order valence-corrected chi connectivity index (χ3v) is 5.46. The summed E-state index contributed by atoms with van der Waals surface area (Å²) in [5.41, 5.74) is 0.835. The topological polar surface area (TPSA) is 71.1 Å². The number of unbranched alkanes of at least 4 members (excludes halogenated alkanes) is 4. The summed E-state index contributed by atoms with van der Waals surface area (Å²) in [7, 11) is 0. The second kappa shape index (κ2) is 15.0. The molecule has 0 fully saturated rings. The molecule has 0 radical (unpaired) electrons. The number of hydrogen-bond donors (Lipinski definition) is 0. The average molecular weight is 471 g/mol. The van der Waals surface area contributed by atoms with Crippen LogP contribution in [0.5, 0.6) is 11.5 Å². The molecule has 0 aliphatic rings. The third kappa shape index (κ3) is 9.46. The van der Waals surface area contributed by atoms with E-state index in [9.17, 15) is 9.59 Å². The molecule has 0 bridgehead atoms. The Morgan fingerprint density at radius 3 is 1.29 bits per heavy atom. The Hall–Kier alpha value is -3.02. The third-order valence-electron chi connectivity index (χ3n) is 5.46. The minimum Gasteiger partial charge on any atom is -0.494 e. The Kier molecular flexibility index (Phi) is 12.0. The molecule has 0 saturated heterocycles. The fraction of sp³-hybridized carbons (Fsp3) is 0.500. The molecule has 0 aliphatic heterocycles. The van der Waals surface area contributed by atoms with Crippen LogP contribution in [0.4, 0.5) is 0 Å². The van der Waals surface area contributed by atoms with Gasteiger partial charge in [-0.25, -0.2) is 9.59 Å². The lowest BCUT2D eigenvalue weighted by molar-refractivity contribution is -0.0239. The van der Waals surface area contributed by atoms with Gasteiger partial charge >= 0.3 is 11.9 Å². The van der Waals surface area contributed by atoms with E-state index in [2.05, 4.69) is 13.8 Å². The van der Waals surface area contributed by atoms with Crippen LogP contribution in [0.15, 0.2) is 48.5 Å². The molecular weight excluding hydrogens is 432 g/mol. The first kappa shape index (κ1) is 27.2. The largest absolute Gasteiger partial charge is 0.494 e. The fourth-order valence-corrected chi connectivity index (χ4v) is 3.12. The highest BCUT2D eigenvalue weighted by Crippen LogP contribution is 2.17. The van der Waals surface area contributed by atoms with Gasteiger partial charge in [-0.2, -0.15) is 0 Å². The van der Waals surface area contributed by atoms with Gasteiger partial charge in [0.1, 0.15) is 23.7 Å². The van der Waals surface area contributed by atoms with Gasteiger partial charge in [0.05, 0.1) is 24.3 Å². The Morgan fingerprint density at radius 1 is 0.618 bits per heavy atom. The first-order valence-corrected chi connectivity index (χ1v) is 12.3. The maximum atomic E-state index is 12.5. The van der Waals surface area contributed by atoms with Crippen molar-refractivity contribution in [1.82, 2.24) is 0 Å².